The first kappa shape index (κ1) is 22.6. The van der Waals surface area contributed by atoms with Crippen LogP contribution in [0.5, 0.6) is 0 Å². The molecule has 0 aliphatic carbocycles. The lowest BCUT2D eigenvalue weighted by Gasteiger charge is -2.46. The Kier molecular flexibility index (Phi) is 9.82. The van der Waals surface area contributed by atoms with Gasteiger partial charge in [-0.05, 0) is 57.6 Å². The van der Waals surface area contributed by atoms with E-state index in [1.165, 1.54) is 69.9 Å². The molecule has 2 fully saturated rings. The fraction of sp³-hybridized carbons (Fsp3) is 0.769. The third-order valence-electron chi connectivity index (χ3n) is 6.68. The highest BCUT2D eigenvalue weighted by molar-refractivity contribution is 5.48. The summed E-state index contributed by atoms with van der Waals surface area (Å²) in [5.41, 5.74) is 1.38. The van der Waals surface area contributed by atoms with Crippen LogP contribution in [0.15, 0.2) is 30.3 Å². The minimum absolute atomic E-state index is 0.0310. The molecule has 0 aromatic heterocycles. The van der Waals surface area contributed by atoms with Crippen molar-refractivity contribution in [2.24, 2.45) is 0 Å². The lowest BCUT2D eigenvalue weighted by molar-refractivity contribution is -0.194. The molecule has 0 amide bonds. The van der Waals surface area contributed by atoms with Crippen LogP contribution in [-0.2, 0) is 9.47 Å². The van der Waals surface area contributed by atoms with Crippen LogP contribution in [0.4, 0.5) is 5.69 Å². The largest absolute Gasteiger partial charge is 0.366 e. The Morgan fingerprint density at radius 2 is 1.72 bits per heavy atom. The normalized spacial score (nSPS) is 27.9. The van der Waals surface area contributed by atoms with Crippen molar-refractivity contribution >= 4 is 5.69 Å². The maximum atomic E-state index is 6.44. The average molecular weight is 402 g/mol. The number of piperidine rings is 1. The first-order valence-electron chi connectivity index (χ1n) is 12.4. The number of benzene rings is 1. The van der Waals surface area contributed by atoms with Crippen LogP contribution >= 0.6 is 0 Å². The van der Waals surface area contributed by atoms with Gasteiger partial charge in [0.05, 0.1) is 6.10 Å². The van der Waals surface area contributed by atoms with E-state index in [1.807, 2.05) is 0 Å². The van der Waals surface area contributed by atoms with E-state index in [0.717, 1.165) is 25.9 Å². The zero-order chi connectivity index (χ0) is 20.3. The molecular weight excluding hydrogens is 358 g/mol. The van der Waals surface area contributed by atoms with Gasteiger partial charge in [-0.1, -0.05) is 70.1 Å². The summed E-state index contributed by atoms with van der Waals surface area (Å²) in [6.45, 7) is 5.53. The number of anilines is 1. The maximum absolute atomic E-state index is 6.44. The third-order valence-corrected chi connectivity index (χ3v) is 6.68. The second kappa shape index (κ2) is 12.6. The standard InChI is InChI=1S/C26H43NO2/c1-3-4-5-6-7-8-10-17-24-21-25(29-26-18-13-14-19-28-26)20-22(2)27(24)23-15-11-9-12-16-23/h9,11-12,15-16,22,24-26H,3-8,10,13-14,17-21H2,1-2H3/t22-,24+,25+,26?/m0/s1. The topological polar surface area (TPSA) is 21.7 Å². The van der Waals surface area contributed by atoms with Crippen LogP contribution in [0, 0.1) is 0 Å². The molecule has 3 rings (SSSR count). The molecule has 164 valence electrons. The number of hydrogen-bond donors (Lipinski definition) is 0. The van der Waals surface area contributed by atoms with Crippen LogP contribution < -0.4 is 4.90 Å². The third kappa shape index (κ3) is 7.29. The molecule has 1 aromatic rings. The molecule has 1 unspecified atom stereocenters. The Balaban J connectivity index is 1.55. The summed E-state index contributed by atoms with van der Waals surface area (Å²) in [7, 11) is 0. The monoisotopic (exact) mass is 401 g/mol. The highest BCUT2D eigenvalue weighted by atomic mass is 16.7. The molecule has 2 heterocycles. The van der Waals surface area contributed by atoms with Gasteiger partial charge >= 0.3 is 0 Å². The van der Waals surface area contributed by atoms with Crippen LogP contribution in [0.3, 0.4) is 0 Å². The van der Waals surface area contributed by atoms with Crippen molar-refractivity contribution in [3.63, 3.8) is 0 Å². The Labute approximate surface area is 179 Å². The van der Waals surface area contributed by atoms with Gasteiger partial charge in [0.25, 0.3) is 0 Å². The van der Waals surface area contributed by atoms with Crippen LogP contribution in [-0.4, -0.2) is 31.1 Å². The summed E-state index contributed by atoms with van der Waals surface area (Å²) in [6, 6.07) is 12.1. The SMILES string of the molecule is CCCCCCCCC[C@@H]1C[C@H](OC2CCCCO2)C[C@H](C)N1c1ccccc1. The van der Waals surface area contributed by atoms with Gasteiger partial charge in [-0.3, -0.25) is 0 Å². The zero-order valence-electron chi connectivity index (χ0n) is 18.9. The quantitative estimate of drug-likeness (QED) is 0.369. The van der Waals surface area contributed by atoms with Crippen molar-refractivity contribution in [3.05, 3.63) is 30.3 Å². The number of rotatable bonds is 11. The molecular formula is C26H43NO2. The average Bonchev–Trinajstić information content (AvgIpc) is 2.74. The van der Waals surface area contributed by atoms with Crippen molar-refractivity contribution in [1.82, 2.24) is 0 Å². The molecule has 0 spiro atoms. The minimum Gasteiger partial charge on any atom is -0.366 e. The summed E-state index contributed by atoms with van der Waals surface area (Å²) in [6.07, 6.45) is 17.0. The summed E-state index contributed by atoms with van der Waals surface area (Å²) in [4.78, 5) is 2.68. The number of unbranched alkanes of at least 4 members (excludes halogenated alkanes) is 6. The van der Waals surface area contributed by atoms with Gasteiger partial charge < -0.3 is 14.4 Å². The van der Waals surface area contributed by atoms with E-state index in [0.29, 0.717) is 18.2 Å². The Bertz CT molecular complexity index is 543. The predicted molar refractivity (Wildman–Crippen MR) is 122 cm³/mol. The van der Waals surface area contributed by atoms with Crippen LogP contribution in [0.1, 0.15) is 97.3 Å². The molecule has 1 aromatic carbocycles. The van der Waals surface area contributed by atoms with Gasteiger partial charge in [0.15, 0.2) is 6.29 Å². The highest BCUT2D eigenvalue weighted by Gasteiger charge is 2.35. The Morgan fingerprint density at radius 3 is 2.45 bits per heavy atom. The minimum atomic E-state index is 0.0310. The van der Waals surface area contributed by atoms with E-state index >= 15 is 0 Å². The number of para-hydroxylation sites is 1. The van der Waals surface area contributed by atoms with E-state index in [2.05, 4.69) is 49.1 Å². The van der Waals surface area contributed by atoms with Crippen molar-refractivity contribution in [3.8, 4) is 0 Å². The first-order valence-corrected chi connectivity index (χ1v) is 12.4. The lowest BCUT2D eigenvalue weighted by atomic mass is 9.89. The van der Waals surface area contributed by atoms with Crippen LogP contribution in [0.25, 0.3) is 0 Å². The molecule has 0 N–H and O–H groups in total. The fourth-order valence-electron chi connectivity index (χ4n) is 5.17. The smallest absolute Gasteiger partial charge is 0.157 e. The van der Waals surface area contributed by atoms with E-state index < -0.39 is 0 Å². The van der Waals surface area contributed by atoms with Gasteiger partial charge in [0.2, 0.25) is 0 Å². The second-order valence-electron chi connectivity index (χ2n) is 9.18. The van der Waals surface area contributed by atoms with Gasteiger partial charge in [-0.15, -0.1) is 0 Å². The maximum Gasteiger partial charge on any atom is 0.157 e. The van der Waals surface area contributed by atoms with Crippen molar-refractivity contribution in [2.45, 2.75) is 122 Å². The summed E-state index contributed by atoms with van der Waals surface area (Å²) in [5.74, 6) is 0. The lowest BCUT2D eigenvalue weighted by Crippen LogP contribution is -2.51. The summed E-state index contributed by atoms with van der Waals surface area (Å²) >= 11 is 0. The molecule has 0 bridgehead atoms. The van der Waals surface area contributed by atoms with Gasteiger partial charge in [-0.25, -0.2) is 0 Å². The molecule has 2 saturated heterocycles. The predicted octanol–water partition coefficient (Wildman–Crippen LogP) is 7.10. The molecule has 0 radical (unpaired) electrons. The number of ether oxygens (including phenoxy) is 2. The molecule has 29 heavy (non-hydrogen) atoms. The second-order valence-corrected chi connectivity index (χ2v) is 9.18. The zero-order valence-corrected chi connectivity index (χ0v) is 18.9. The van der Waals surface area contributed by atoms with Crippen molar-refractivity contribution in [1.29, 1.82) is 0 Å². The van der Waals surface area contributed by atoms with E-state index in [-0.39, 0.29) is 6.29 Å². The fourth-order valence-corrected chi connectivity index (χ4v) is 5.17. The summed E-state index contributed by atoms with van der Waals surface area (Å²) < 4.78 is 12.3. The van der Waals surface area contributed by atoms with Gasteiger partial charge in [0, 0.05) is 24.4 Å². The highest BCUT2D eigenvalue weighted by Crippen LogP contribution is 2.34. The molecule has 3 nitrogen and oxygen atoms in total. The molecule has 3 heteroatoms. The van der Waals surface area contributed by atoms with Gasteiger partial charge in [-0.2, -0.15) is 0 Å². The Morgan fingerprint density at radius 1 is 0.966 bits per heavy atom. The van der Waals surface area contributed by atoms with E-state index in [9.17, 15) is 0 Å². The number of hydrogen-bond acceptors (Lipinski definition) is 3. The van der Waals surface area contributed by atoms with Gasteiger partial charge in [0.1, 0.15) is 0 Å². The van der Waals surface area contributed by atoms with E-state index in [1.54, 1.807) is 0 Å². The van der Waals surface area contributed by atoms with E-state index in [4.69, 9.17) is 9.47 Å². The molecule has 2 aliphatic heterocycles. The molecule has 0 saturated carbocycles. The molecule has 2 aliphatic rings. The first-order chi connectivity index (χ1) is 14.3. The molecule has 4 atom stereocenters. The van der Waals surface area contributed by atoms with Crippen molar-refractivity contribution in [2.75, 3.05) is 11.5 Å². The van der Waals surface area contributed by atoms with Crippen molar-refractivity contribution < 1.29 is 9.47 Å². The summed E-state index contributed by atoms with van der Waals surface area (Å²) in [5, 5.41) is 0. The van der Waals surface area contributed by atoms with Crippen LogP contribution in [0.2, 0.25) is 0 Å². The number of nitrogens with zero attached hydrogens (tertiary/aromatic N) is 1. The Hall–Kier alpha value is -1.06.